The number of aromatic hydroxyl groups is 3. The Morgan fingerprint density at radius 1 is 0.780 bits per heavy atom. The zero-order valence-corrected chi connectivity index (χ0v) is 35.9. The summed E-state index contributed by atoms with van der Waals surface area (Å²) in [5.74, 6) is -0.783. The quantitative estimate of drug-likeness (QED) is 0.0144. The molecule has 308 valence electrons. The number of carbonyl (C=O) groups excluding carboxylic acids is 2. The Labute approximate surface area is 365 Å². The fourth-order valence-corrected chi connectivity index (χ4v) is 7.92. The number of amides is 2. The molecule has 19 heteroatoms. The molecule has 11 N–H and O–H groups in total. The van der Waals surface area contributed by atoms with Crippen LogP contribution in [0.25, 0.3) is 22.1 Å². The number of para-hydroxylation sites is 4. The molecule has 0 spiro atoms. The fraction of sp³-hybridized carbons (Fsp3) is 0.250. The number of rotatable bonds is 17. The number of alkyl halides is 2. The summed E-state index contributed by atoms with van der Waals surface area (Å²) in [6, 6.07) is 19.0. The van der Waals surface area contributed by atoms with Gasteiger partial charge < -0.3 is 47.4 Å². The van der Waals surface area contributed by atoms with E-state index in [1.165, 1.54) is 24.3 Å². The molecule has 0 radical (unpaired) electrons. The van der Waals surface area contributed by atoms with Gasteiger partial charge in [-0.05, 0) is 84.1 Å². The third-order valence-corrected chi connectivity index (χ3v) is 11.1. The average Bonchev–Trinajstić information content (AvgIpc) is 3.87. The second-order valence-electron chi connectivity index (χ2n) is 13.5. The van der Waals surface area contributed by atoms with Gasteiger partial charge >= 0.3 is 0 Å². The molecular formula is C40H40Br2Cl2N10O5. The molecule has 0 aliphatic rings. The third kappa shape index (κ3) is 10.5. The zero-order valence-electron chi connectivity index (χ0n) is 31.2. The van der Waals surface area contributed by atoms with Gasteiger partial charge in [0.25, 0.3) is 11.8 Å². The lowest BCUT2D eigenvalue weighted by atomic mass is 10.1. The number of hydrogen-bond acceptors (Lipinski definition) is 9. The smallest absolute Gasteiger partial charge is 0.255 e. The Kier molecular flexibility index (Phi) is 14.4. The number of nitrogens with zero attached hydrogens (tertiary/aromatic N) is 4. The highest BCUT2D eigenvalue weighted by atomic mass is 79.9. The van der Waals surface area contributed by atoms with Crippen molar-refractivity contribution in [3.8, 4) is 17.2 Å². The Morgan fingerprint density at radius 3 is 2.12 bits per heavy atom. The largest absolute Gasteiger partial charge is 0.506 e. The Hall–Kier alpha value is -5.36. The minimum absolute atomic E-state index is 0.0846. The van der Waals surface area contributed by atoms with Gasteiger partial charge in [-0.2, -0.15) is 0 Å². The maximum Gasteiger partial charge on any atom is 0.255 e. The SMILES string of the molecule is NC(CCl)=NCCC[C@H](NC(=O)c1cccc(O)c1O)c1nc2c(C(Cl)C(N)=NCCC[C@H](NC(=O)c3cc(Br)cc(Br)c3O)c3nc4ccccc4[nH]3)cccc2[nH]1. The van der Waals surface area contributed by atoms with Gasteiger partial charge in [-0.25, -0.2) is 9.97 Å². The number of imidazole rings is 2. The molecule has 0 fully saturated rings. The molecule has 59 heavy (non-hydrogen) atoms. The lowest BCUT2D eigenvalue weighted by Gasteiger charge is -2.18. The van der Waals surface area contributed by atoms with Crippen molar-refractivity contribution in [3.05, 3.63) is 110 Å². The number of nitrogens with one attached hydrogen (secondary N) is 4. The van der Waals surface area contributed by atoms with Crippen LogP contribution in [-0.2, 0) is 0 Å². The number of nitrogens with two attached hydrogens (primary N) is 2. The molecule has 0 aliphatic carbocycles. The molecule has 0 aliphatic heterocycles. The van der Waals surface area contributed by atoms with Crippen molar-refractivity contribution in [2.24, 2.45) is 21.5 Å². The summed E-state index contributed by atoms with van der Waals surface area (Å²) in [6.07, 6.45) is 1.78. The number of aromatic nitrogens is 4. The van der Waals surface area contributed by atoms with E-state index in [4.69, 9.17) is 44.6 Å². The van der Waals surface area contributed by atoms with Crippen LogP contribution in [0.15, 0.2) is 91.7 Å². The van der Waals surface area contributed by atoms with Crippen LogP contribution in [0.4, 0.5) is 0 Å². The number of fused-ring (bicyclic) bond motifs is 2. The van der Waals surface area contributed by atoms with Crippen molar-refractivity contribution in [1.82, 2.24) is 30.6 Å². The van der Waals surface area contributed by atoms with Crippen molar-refractivity contribution in [1.29, 1.82) is 0 Å². The molecule has 3 atom stereocenters. The molecule has 0 saturated carbocycles. The normalized spacial score (nSPS) is 13.7. The summed E-state index contributed by atoms with van der Waals surface area (Å²) >= 11 is 19.4. The maximum absolute atomic E-state index is 13.5. The van der Waals surface area contributed by atoms with Gasteiger partial charge in [-0.1, -0.05) is 46.3 Å². The van der Waals surface area contributed by atoms with E-state index in [1.807, 2.05) is 30.3 Å². The fourth-order valence-electron chi connectivity index (χ4n) is 6.36. The number of phenols is 3. The second kappa shape index (κ2) is 19.6. The van der Waals surface area contributed by atoms with E-state index in [-0.39, 0.29) is 35.1 Å². The molecule has 15 nitrogen and oxygen atoms in total. The van der Waals surface area contributed by atoms with Gasteiger partial charge in [0, 0.05) is 23.1 Å². The topological polar surface area (TPSA) is 253 Å². The van der Waals surface area contributed by atoms with Gasteiger partial charge in [-0.15, -0.1) is 23.2 Å². The average molecular weight is 972 g/mol. The summed E-state index contributed by atoms with van der Waals surface area (Å²) < 4.78 is 0.981. The number of aliphatic imine (C=N–C) groups is 2. The summed E-state index contributed by atoms with van der Waals surface area (Å²) in [5.41, 5.74) is 15.5. The van der Waals surface area contributed by atoms with E-state index in [1.54, 1.807) is 18.2 Å². The summed E-state index contributed by atoms with van der Waals surface area (Å²) in [7, 11) is 0. The molecule has 6 rings (SSSR count). The van der Waals surface area contributed by atoms with E-state index in [9.17, 15) is 24.9 Å². The summed E-state index contributed by atoms with van der Waals surface area (Å²) in [5, 5.41) is 36.0. The van der Waals surface area contributed by atoms with Crippen molar-refractivity contribution in [2.45, 2.75) is 43.1 Å². The van der Waals surface area contributed by atoms with Crippen LogP contribution in [0.3, 0.4) is 0 Å². The van der Waals surface area contributed by atoms with Gasteiger partial charge in [0.1, 0.15) is 34.4 Å². The van der Waals surface area contributed by atoms with E-state index < -0.39 is 40.8 Å². The van der Waals surface area contributed by atoms with E-state index in [0.717, 1.165) is 11.0 Å². The predicted octanol–water partition coefficient (Wildman–Crippen LogP) is 7.52. The number of carbonyl (C=O) groups is 2. The summed E-state index contributed by atoms with van der Waals surface area (Å²) in [4.78, 5) is 51.7. The van der Waals surface area contributed by atoms with Gasteiger partial charge in [0.2, 0.25) is 0 Å². The van der Waals surface area contributed by atoms with Crippen LogP contribution in [-0.4, -0.2) is 77.7 Å². The Morgan fingerprint density at radius 2 is 1.41 bits per heavy atom. The molecule has 0 bridgehead atoms. The van der Waals surface area contributed by atoms with Crippen LogP contribution in [0.2, 0.25) is 0 Å². The minimum Gasteiger partial charge on any atom is -0.506 e. The lowest BCUT2D eigenvalue weighted by Crippen LogP contribution is -2.29. The molecule has 2 aromatic heterocycles. The van der Waals surface area contributed by atoms with E-state index >= 15 is 0 Å². The molecule has 6 aromatic rings. The second-order valence-corrected chi connectivity index (χ2v) is 15.9. The number of phenolic OH excluding ortho intramolecular Hbond substituents is 3. The number of aromatic amines is 2. The first kappa shape index (κ1) is 43.2. The third-order valence-electron chi connectivity index (χ3n) is 9.35. The van der Waals surface area contributed by atoms with Crippen LogP contribution in [0, 0.1) is 0 Å². The highest BCUT2D eigenvalue weighted by Crippen LogP contribution is 2.34. The first-order valence-electron chi connectivity index (χ1n) is 18.4. The molecule has 1 unspecified atom stereocenters. The van der Waals surface area contributed by atoms with Crippen molar-refractivity contribution < 1.29 is 24.9 Å². The van der Waals surface area contributed by atoms with Crippen LogP contribution < -0.4 is 22.1 Å². The van der Waals surface area contributed by atoms with Gasteiger partial charge in [-0.3, -0.25) is 19.6 Å². The highest BCUT2D eigenvalue weighted by molar-refractivity contribution is 9.11. The van der Waals surface area contributed by atoms with Crippen LogP contribution >= 0.6 is 55.1 Å². The van der Waals surface area contributed by atoms with Crippen molar-refractivity contribution in [3.63, 3.8) is 0 Å². The lowest BCUT2D eigenvalue weighted by molar-refractivity contribution is 0.0921. The van der Waals surface area contributed by atoms with Crippen molar-refractivity contribution >= 4 is 101 Å². The van der Waals surface area contributed by atoms with Crippen molar-refractivity contribution in [2.75, 3.05) is 19.0 Å². The first-order chi connectivity index (χ1) is 28.3. The van der Waals surface area contributed by atoms with Gasteiger partial charge in [0.15, 0.2) is 11.5 Å². The maximum atomic E-state index is 13.5. The number of hydrogen-bond donors (Lipinski definition) is 9. The number of halogens is 4. The van der Waals surface area contributed by atoms with Crippen LogP contribution in [0.5, 0.6) is 17.2 Å². The molecule has 2 heterocycles. The Balaban J connectivity index is 1.19. The molecule has 2 amide bonds. The molecule has 4 aromatic carbocycles. The molecule has 0 saturated heterocycles. The number of H-pyrrole nitrogens is 2. The predicted molar refractivity (Wildman–Crippen MR) is 237 cm³/mol. The monoisotopic (exact) mass is 968 g/mol. The number of amidine groups is 2. The standard InChI is InChI=1S/C40H40Br2Cl2N10O5/c41-20-17-23(34(56)24(42)18-20)40(59)53-28(37-49-25-9-1-2-10-26(25)50-37)13-6-16-48-36(46)32(44)21-7-3-11-27-33(21)54-38(51-27)29(12-5-15-47-31(45)19-43)52-39(58)22-8-4-14-30(55)35(22)57/h1-4,7-11,14,17-18,28-29,32,55-57H,5-6,12-13,15-16,19H2,(H2,45,47)(H2,46,48)(H,49,50)(H,51,54)(H,52,58)(H,53,59)/t28-,29-,32?/m0/s1. The summed E-state index contributed by atoms with van der Waals surface area (Å²) in [6.45, 7) is 0.617. The first-order valence-corrected chi connectivity index (χ1v) is 20.9. The van der Waals surface area contributed by atoms with Gasteiger partial charge in [0.05, 0.1) is 55.6 Å². The molecular weight excluding hydrogens is 931 g/mol. The minimum atomic E-state index is -0.871. The zero-order chi connectivity index (χ0) is 42.2. The van der Waals surface area contributed by atoms with Crippen LogP contribution in [0.1, 0.15) is 81.1 Å². The van der Waals surface area contributed by atoms with E-state index in [0.29, 0.717) is 75.3 Å². The van der Waals surface area contributed by atoms with E-state index in [2.05, 4.69) is 62.4 Å². The highest BCUT2D eigenvalue weighted by Gasteiger charge is 2.25. The Bertz CT molecular complexity index is 2510. The number of benzene rings is 4.